The van der Waals surface area contributed by atoms with Gasteiger partial charge >= 0.3 is 0 Å². The van der Waals surface area contributed by atoms with Crippen LogP contribution >= 0.6 is 22.6 Å². The molecule has 0 spiro atoms. The molecule has 0 atom stereocenters. The molecule has 0 unspecified atom stereocenters. The lowest BCUT2D eigenvalue weighted by molar-refractivity contribution is 0.223. The summed E-state index contributed by atoms with van der Waals surface area (Å²) in [6, 6.07) is 0. The summed E-state index contributed by atoms with van der Waals surface area (Å²) in [5, 5.41) is 4.41. The lowest BCUT2D eigenvalue weighted by Crippen LogP contribution is -2.22. The molecule has 0 aliphatic carbocycles. The Hall–Kier alpha value is -0.260. The van der Waals surface area contributed by atoms with Crippen molar-refractivity contribution in [2.75, 3.05) is 0 Å². The molecule has 0 N–H and O–H groups in total. The van der Waals surface area contributed by atoms with E-state index in [1.54, 1.807) is 0 Å². The first kappa shape index (κ1) is 11.8. The Morgan fingerprint density at radius 2 is 2.00 bits per heavy atom. The van der Waals surface area contributed by atoms with Crippen LogP contribution in [0.4, 0.5) is 0 Å². The van der Waals surface area contributed by atoms with E-state index in [0.29, 0.717) is 0 Å². The maximum absolute atomic E-state index is 5.58. The lowest BCUT2D eigenvalue weighted by Gasteiger charge is -2.18. The van der Waals surface area contributed by atoms with Gasteiger partial charge in [0.1, 0.15) is 0 Å². The maximum atomic E-state index is 5.58. The Morgan fingerprint density at radius 3 is 2.36 bits per heavy atom. The summed E-state index contributed by atoms with van der Waals surface area (Å²) in [7, 11) is 0. The zero-order valence-electron chi connectivity index (χ0n) is 9.34. The van der Waals surface area contributed by atoms with Crippen molar-refractivity contribution in [3.63, 3.8) is 0 Å². The average molecular weight is 308 g/mol. The summed E-state index contributed by atoms with van der Waals surface area (Å²) < 4.78 is 8.58. The topological polar surface area (TPSA) is 27.1 Å². The third-order valence-electron chi connectivity index (χ3n) is 1.67. The number of halogens is 1. The van der Waals surface area contributed by atoms with Gasteiger partial charge in [-0.2, -0.15) is 0 Å². The van der Waals surface area contributed by atoms with Gasteiger partial charge in [-0.1, -0.05) is 0 Å². The quantitative estimate of drug-likeness (QED) is 0.785. The molecule has 0 radical (unpaired) electrons. The van der Waals surface area contributed by atoms with Crippen molar-refractivity contribution in [1.82, 2.24) is 9.78 Å². The van der Waals surface area contributed by atoms with Gasteiger partial charge in [-0.3, -0.25) is 4.68 Å². The maximum Gasteiger partial charge on any atom is 0.246 e. The smallest absolute Gasteiger partial charge is 0.246 e. The van der Waals surface area contributed by atoms with Crippen molar-refractivity contribution in [2.24, 2.45) is 0 Å². The summed E-state index contributed by atoms with van der Waals surface area (Å²) in [4.78, 5) is 0. The van der Waals surface area contributed by atoms with E-state index in [0.717, 1.165) is 9.45 Å². The monoisotopic (exact) mass is 308 g/mol. The third kappa shape index (κ3) is 2.87. The van der Waals surface area contributed by atoms with Gasteiger partial charge in [0.15, 0.2) is 0 Å². The SMILES string of the molecule is CC(C)Oc1nn(C(C)(C)C)cc1I. The first-order valence-electron chi connectivity index (χ1n) is 4.73. The molecule has 1 aromatic heterocycles. The molecule has 0 saturated carbocycles. The van der Waals surface area contributed by atoms with Gasteiger partial charge in [0, 0.05) is 6.20 Å². The van der Waals surface area contributed by atoms with E-state index in [1.165, 1.54) is 0 Å². The summed E-state index contributed by atoms with van der Waals surface area (Å²) in [5.41, 5.74) is 0.0124. The van der Waals surface area contributed by atoms with Crippen LogP contribution < -0.4 is 4.74 Å². The Bertz CT molecular complexity index is 312. The van der Waals surface area contributed by atoms with Gasteiger partial charge in [-0.05, 0) is 57.2 Å². The zero-order valence-corrected chi connectivity index (χ0v) is 11.5. The Kier molecular flexibility index (Phi) is 3.44. The second-order valence-electron chi connectivity index (χ2n) is 4.56. The fraction of sp³-hybridized carbons (Fsp3) is 0.700. The van der Waals surface area contributed by atoms with Crippen molar-refractivity contribution < 1.29 is 4.74 Å². The predicted molar refractivity (Wildman–Crippen MR) is 65.7 cm³/mol. The third-order valence-corrected chi connectivity index (χ3v) is 2.41. The largest absolute Gasteiger partial charge is 0.473 e. The minimum absolute atomic E-state index is 0.0124. The van der Waals surface area contributed by atoms with E-state index in [-0.39, 0.29) is 11.6 Å². The first-order chi connectivity index (χ1) is 6.30. The highest BCUT2D eigenvalue weighted by atomic mass is 127. The van der Waals surface area contributed by atoms with E-state index in [4.69, 9.17) is 4.74 Å². The predicted octanol–water partition coefficient (Wildman–Crippen LogP) is 3.03. The molecule has 1 heterocycles. The highest BCUT2D eigenvalue weighted by Crippen LogP contribution is 2.23. The minimum atomic E-state index is 0.0124. The second kappa shape index (κ2) is 4.08. The number of nitrogens with zero attached hydrogens (tertiary/aromatic N) is 2. The number of hydrogen-bond donors (Lipinski definition) is 0. The van der Waals surface area contributed by atoms with Crippen molar-refractivity contribution in [3.05, 3.63) is 9.77 Å². The number of ether oxygens (including phenoxy) is 1. The minimum Gasteiger partial charge on any atom is -0.473 e. The molecular formula is C10H17IN2O. The van der Waals surface area contributed by atoms with Crippen LogP contribution in [0.1, 0.15) is 34.6 Å². The summed E-state index contributed by atoms with van der Waals surface area (Å²) in [6.45, 7) is 10.4. The molecule has 14 heavy (non-hydrogen) atoms. The van der Waals surface area contributed by atoms with Gasteiger partial charge in [0.05, 0.1) is 15.2 Å². The Morgan fingerprint density at radius 1 is 1.43 bits per heavy atom. The van der Waals surface area contributed by atoms with E-state index in [9.17, 15) is 0 Å². The van der Waals surface area contributed by atoms with Crippen LogP contribution in [-0.2, 0) is 5.54 Å². The highest BCUT2D eigenvalue weighted by molar-refractivity contribution is 14.1. The molecule has 0 aliphatic rings. The molecule has 0 fully saturated rings. The summed E-state index contributed by atoms with van der Waals surface area (Å²) >= 11 is 2.25. The van der Waals surface area contributed by atoms with Gasteiger partial charge < -0.3 is 4.74 Å². The molecule has 0 aliphatic heterocycles. The molecule has 0 saturated heterocycles. The zero-order chi connectivity index (χ0) is 10.9. The highest BCUT2D eigenvalue weighted by Gasteiger charge is 2.18. The standard InChI is InChI=1S/C10H17IN2O/c1-7(2)14-9-8(11)6-13(12-9)10(3,4)5/h6-7H,1-5H3. The molecule has 80 valence electrons. The first-order valence-corrected chi connectivity index (χ1v) is 5.81. The summed E-state index contributed by atoms with van der Waals surface area (Å²) in [6.07, 6.45) is 2.19. The Balaban J connectivity index is 2.94. The van der Waals surface area contributed by atoms with Crippen molar-refractivity contribution in [1.29, 1.82) is 0 Å². The number of rotatable bonds is 2. The van der Waals surface area contributed by atoms with Gasteiger partial charge in [-0.25, -0.2) is 0 Å². The van der Waals surface area contributed by atoms with E-state index in [2.05, 4.69) is 48.5 Å². The van der Waals surface area contributed by atoms with Gasteiger partial charge in [-0.15, -0.1) is 5.10 Å². The van der Waals surface area contributed by atoms with Crippen molar-refractivity contribution in [2.45, 2.75) is 46.3 Å². The van der Waals surface area contributed by atoms with Crippen LogP contribution in [0.3, 0.4) is 0 Å². The van der Waals surface area contributed by atoms with Crippen molar-refractivity contribution >= 4 is 22.6 Å². The molecular weight excluding hydrogens is 291 g/mol. The van der Waals surface area contributed by atoms with E-state index >= 15 is 0 Å². The van der Waals surface area contributed by atoms with Crippen LogP contribution in [0.25, 0.3) is 0 Å². The molecule has 1 aromatic rings. The Labute approximate surface area is 99.0 Å². The fourth-order valence-corrected chi connectivity index (χ4v) is 1.48. The van der Waals surface area contributed by atoms with Gasteiger partial charge in [0.25, 0.3) is 0 Å². The lowest BCUT2D eigenvalue weighted by atomic mass is 10.1. The van der Waals surface area contributed by atoms with Crippen LogP contribution in [0.15, 0.2) is 6.20 Å². The van der Waals surface area contributed by atoms with E-state index < -0.39 is 0 Å². The number of hydrogen-bond acceptors (Lipinski definition) is 2. The van der Waals surface area contributed by atoms with Gasteiger partial charge in [0.2, 0.25) is 5.88 Å². The van der Waals surface area contributed by atoms with E-state index in [1.807, 2.05) is 24.7 Å². The summed E-state index contributed by atoms with van der Waals surface area (Å²) in [5.74, 6) is 0.732. The van der Waals surface area contributed by atoms with Crippen LogP contribution in [0, 0.1) is 3.57 Å². The molecule has 0 aromatic carbocycles. The van der Waals surface area contributed by atoms with Crippen LogP contribution in [0.2, 0.25) is 0 Å². The molecule has 1 rings (SSSR count). The molecule has 0 amide bonds. The average Bonchev–Trinajstić information content (AvgIpc) is 2.30. The molecule has 3 nitrogen and oxygen atoms in total. The van der Waals surface area contributed by atoms with Crippen LogP contribution in [0.5, 0.6) is 5.88 Å². The van der Waals surface area contributed by atoms with Crippen LogP contribution in [-0.4, -0.2) is 15.9 Å². The normalized spacial score (nSPS) is 12.2. The molecule has 0 bridgehead atoms. The second-order valence-corrected chi connectivity index (χ2v) is 5.73. The fourth-order valence-electron chi connectivity index (χ4n) is 0.984. The molecule has 4 heteroatoms. The van der Waals surface area contributed by atoms with Crippen molar-refractivity contribution in [3.8, 4) is 5.88 Å². The number of aromatic nitrogens is 2.